The lowest BCUT2D eigenvalue weighted by molar-refractivity contribution is 0.0167. The molecule has 134 valence electrons. The lowest BCUT2D eigenvalue weighted by Gasteiger charge is -2.20. The van der Waals surface area contributed by atoms with Crippen molar-refractivity contribution < 1.29 is 23.8 Å². The molecule has 0 fully saturated rings. The third kappa shape index (κ3) is 6.66. The minimum atomic E-state index is -0.551. The zero-order chi connectivity index (χ0) is 18.1. The summed E-state index contributed by atoms with van der Waals surface area (Å²) >= 11 is 0. The second-order valence-corrected chi connectivity index (χ2v) is 6.27. The first-order valence-electron chi connectivity index (χ1n) is 8.19. The standard InChI is InChI=1S/C18H27NO5/c1-12(2)11-23-17(20)15-7-6-8-16(19-15)18(21)24-14(4)13(3)9-10-22-5/h6-8,12-14H,9-11H2,1-5H3. The fourth-order valence-electron chi connectivity index (χ4n) is 1.86. The SMILES string of the molecule is COCCC(C)C(C)OC(=O)c1cccc(C(=O)OCC(C)C)n1. The van der Waals surface area contributed by atoms with E-state index < -0.39 is 11.9 Å². The molecule has 1 aromatic heterocycles. The van der Waals surface area contributed by atoms with Crippen molar-refractivity contribution in [3.8, 4) is 0 Å². The van der Waals surface area contributed by atoms with Gasteiger partial charge in [-0.2, -0.15) is 0 Å². The van der Waals surface area contributed by atoms with E-state index in [0.717, 1.165) is 6.42 Å². The van der Waals surface area contributed by atoms with Gasteiger partial charge in [0.25, 0.3) is 0 Å². The van der Waals surface area contributed by atoms with Gasteiger partial charge in [-0.05, 0) is 37.3 Å². The number of esters is 2. The van der Waals surface area contributed by atoms with Gasteiger partial charge >= 0.3 is 11.9 Å². The summed E-state index contributed by atoms with van der Waals surface area (Å²) in [4.78, 5) is 28.2. The van der Waals surface area contributed by atoms with Gasteiger partial charge in [0, 0.05) is 13.7 Å². The van der Waals surface area contributed by atoms with Crippen molar-refractivity contribution in [3.63, 3.8) is 0 Å². The number of pyridine rings is 1. The Labute approximate surface area is 143 Å². The Balaban J connectivity index is 2.68. The Morgan fingerprint density at radius 1 is 1.08 bits per heavy atom. The molecule has 0 bridgehead atoms. The number of hydrogen-bond donors (Lipinski definition) is 0. The molecule has 0 spiro atoms. The molecule has 6 heteroatoms. The Morgan fingerprint density at radius 3 is 2.29 bits per heavy atom. The van der Waals surface area contributed by atoms with E-state index in [1.807, 2.05) is 27.7 Å². The maximum absolute atomic E-state index is 12.2. The second-order valence-electron chi connectivity index (χ2n) is 6.27. The zero-order valence-corrected chi connectivity index (χ0v) is 15.1. The molecule has 6 nitrogen and oxygen atoms in total. The molecule has 2 unspecified atom stereocenters. The monoisotopic (exact) mass is 337 g/mol. The molecule has 1 aromatic rings. The average Bonchev–Trinajstić information content (AvgIpc) is 2.57. The third-order valence-electron chi connectivity index (χ3n) is 3.59. The van der Waals surface area contributed by atoms with Crippen LogP contribution in [0.3, 0.4) is 0 Å². The van der Waals surface area contributed by atoms with Crippen molar-refractivity contribution in [1.82, 2.24) is 4.98 Å². The van der Waals surface area contributed by atoms with E-state index in [0.29, 0.717) is 13.2 Å². The van der Waals surface area contributed by atoms with E-state index >= 15 is 0 Å². The van der Waals surface area contributed by atoms with Crippen LogP contribution >= 0.6 is 0 Å². The predicted octanol–water partition coefficient (Wildman–Crippen LogP) is 3.11. The summed E-state index contributed by atoms with van der Waals surface area (Å²) in [7, 11) is 1.64. The number of carbonyl (C=O) groups excluding carboxylic acids is 2. The number of hydrogen-bond acceptors (Lipinski definition) is 6. The molecular formula is C18H27NO5. The fraction of sp³-hybridized carbons (Fsp3) is 0.611. The maximum Gasteiger partial charge on any atom is 0.357 e. The van der Waals surface area contributed by atoms with Crippen molar-refractivity contribution in [2.24, 2.45) is 11.8 Å². The summed E-state index contributed by atoms with van der Waals surface area (Å²) < 4.78 is 15.6. The third-order valence-corrected chi connectivity index (χ3v) is 3.59. The highest BCUT2D eigenvalue weighted by Crippen LogP contribution is 2.14. The number of rotatable bonds is 9. The lowest BCUT2D eigenvalue weighted by atomic mass is 10.0. The molecule has 1 heterocycles. The summed E-state index contributed by atoms with van der Waals surface area (Å²) in [6, 6.07) is 4.63. The van der Waals surface area contributed by atoms with Gasteiger partial charge in [-0.25, -0.2) is 14.6 Å². The van der Waals surface area contributed by atoms with E-state index in [1.165, 1.54) is 12.1 Å². The molecule has 24 heavy (non-hydrogen) atoms. The molecule has 2 atom stereocenters. The molecule has 0 N–H and O–H groups in total. The molecule has 0 amide bonds. The normalized spacial score (nSPS) is 13.4. The summed E-state index contributed by atoms with van der Waals surface area (Å²) in [5.74, 6) is -0.699. The topological polar surface area (TPSA) is 74.7 Å². The highest BCUT2D eigenvalue weighted by atomic mass is 16.5. The van der Waals surface area contributed by atoms with Crippen molar-refractivity contribution in [3.05, 3.63) is 29.6 Å². The fourth-order valence-corrected chi connectivity index (χ4v) is 1.86. The largest absolute Gasteiger partial charge is 0.461 e. The van der Waals surface area contributed by atoms with Crippen LogP contribution in [0.1, 0.15) is 55.1 Å². The van der Waals surface area contributed by atoms with Crippen LogP contribution in [0.15, 0.2) is 18.2 Å². The van der Waals surface area contributed by atoms with E-state index in [-0.39, 0.29) is 29.3 Å². The van der Waals surface area contributed by atoms with E-state index in [9.17, 15) is 9.59 Å². The molecule has 0 aromatic carbocycles. The number of methoxy groups -OCH3 is 1. The van der Waals surface area contributed by atoms with Gasteiger partial charge in [0.2, 0.25) is 0 Å². The van der Waals surface area contributed by atoms with Gasteiger partial charge < -0.3 is 14.2 Å². The van der Waals surface area contributed by atoms with Gasteiger partial charge in [0.1, 0.15) is 17.5 Å². The first-order valence-corrected chi connectivity index (χ1v) is 8.19. The molecule has 0 saturated carbocycles. The van der Waals surface area contributed by atoms with Crippen LogP contribution in [-0.2, 0) is 14.2 Å². The predicted molar refractivity (Wildman–Crippen MR) is 89.9 cm³/mol. The van der Waals surface area contributed by atoms with E-state index in [2.05, 4.69) is 4.98 Å². The summed E-state index contributed by atoms with van der Waals surface area (Å²) in [6.45, 7) is 8.63. The average molecular weight is 337 g/mol. The van der Waals surface area contributed by atoms with Crippen LogP contribution in [0, 0.1) is 11.8 Å². The minimum absolute atomic E-state index is 0.0970. The van der Waals surface area contributed by atoms with Crippen LogP contribution < -0.4 is 0 Å². The van der Waals surface area contributed by atoms with Crippen LogP contribution in [-0.4, -0.2) is 43.4 Å². The van der Waals surface area contributed by atoms with Crippen LogP contribution in [0.4, 0.5) is 0 Å². The van der Waals surface area contributed by atoms with Gasteiger partial charge in [-0.1, -0.05) is 26.8 Å². The molecule has 1 rings (SSSR count). The summed E-state index contributed by atoms with van der Waals surface area (Å²) in [5.41, 5.74) is 0.199. The first-order chi connectivity index (χ1) is 11.3. The number of ether oxygens (including phenoxy) is 3. The maximum atomic E-state index is 12.2. The van der Waals surface area contributed by atoms with Crippen molar-refractivity contribution in [2.75, 3.05) is 20.3 Å². The first kappa shape index (κ1) is 20.1. The minimum Gasteiger partial charge on any atom is -0.461 e. The molecule has 0 radical (unpaired) electrons. The van der Waals surface area contributed by atoms with Gasteiger partial charge in [0.05, 0.1) is 6.61 Å². The summed E-state index contributed by atoms with van der Waals surface area (Å²) in [5, 5.41) is 0. The molecule has 0 aliphatic carbocycles. The van der Waals surface area contributed by atoms with Crippen LogP contribution in [0.25, 0.3) is 0 Å². The Morgan fingerprint density at radius 2 is 1.71 bits per heavy atom. The van der Waals surface area contributed by atoms with E-state index in [1.54, 1.807) is 13.2 Å². The van der Waals surface area contributed by atoms with Crippen molar-refractivity contribution in [1.29, 1.82) is 0 Å². The number of nitrogens with zero attached hydrogens (tertiary/aromatic N) is 1. The number of carbonyl (C=O) groups is 2. The molecule has 0 saturated heterocycles. The summed E-state index contributed by atoms with van der Waals surface area (Å²) in [6.07, 6.45) is 0.519. The van der Waals surface area contributed by atoms with Crippen LogP contribution in [0.5, 0.6) is 0 Å². The van der Waals surface area contributed by atoms with Gasteiger partial charge in [0.15, 0.2) is 0 Å². The molecule has 0 aliphatic heterocycles. The lowest BCUT2D eigenvalue weighted by Crippen LogP contribution is -2.24. The Hall–Kier alpha value is -1.95. The second kappa shape index (κ2) is 10.0. The number of aromatic nitrogens is 1. The van der Waals surface area contributed by atoms with Crippen molar-refractivity contribution >= 4 is 11.9 Å². The Bertz CT molecular complexity index is 544. The molecule has 0 aliphatic rings. The molecular weight excluding hydrogens is 310 g/mol. The van der Waals surface area contributed by atoms with Crippen molar-refractivity contribution in [2.45, 2.75) is 40.2 Å². The highest BCUT2D eigenvalue weighted by Gasteiger charge is 2.20. The van der Waals surface area contributed by atoms with E-state index in [4.69, 9.17) is 14.2 Å². The Kier molecular flexibility index (Phi) is 8.40. The smallest absolute Gasteiger partial charge is 0.357 e. The van der Waals surface area contributed by atoms with Gasteiger partial charge in [-0.3, -0.25) is 0 Å². The highest BCUT2D eigenvalue weighted by molar-refractivity contribution is 5.91. The quantitative estimate of drug-likeness (QED) is 0.645. The zero-order valence-electron chi connectivity index (χ0n) is 15.1. The van der Waals surface area contributed by atoms with Crippen LogP contribution in [0.2, 0.25) is 0 Å². The van der Waals surface area contributed by atoms with Gasteiger partial charge in [-0.15, -0.1) is 0 Å².